The molecule has 0 amide bonds. The Morgan fingerprint density at radius 3 is 1.81 bits per heavy atom. The summed E-state index contributed by atoms with van der Waals surface area (Å²) in [6.45, 7) is 15.0. The molecule has 4 aromatic rings. The van der Waals surface area contributed by atoms with Gasteiger partial charge in [-0.2, -0.15) is 0 Å². The quantitative estimate of drug-likeness (QED) is 0.132. The number of para-hydroxylation sites is 3. The molecule has 7 heteroatoms. The number of benzene rings is 4. The van der Waals surface area contributed by atoms with Crippen LogP contribution in [0.4, 0.5) is 30.0 Å². The first kappa shape index (κ1) is 39.2. The second-order valence-corrected chi connectivity index (χ2v) is 14.5. The van der Waals surface area contributed by atoms with Gasteiger partial charge in [-0.3, -0.25) is 12.9 Å². The lowest BCUT2D eigenvalue weighted by molar-refractivity contribution is -0.0000134. The van der Waals surface area contributed by atoms with E-state index in [1.807, 2.05) is 0 Å². The van der Waals surface area contributed by atoms with Gasteiger partial charge in [-0.15, -0.1) is 0 Å². The zero-order valence-electron chi connectivity index (χ0n) is 31.5. The summed E-state index contributed by atoms with van der Waals surface area (Å²) < 4.78 is 29.0. The van der Waals surface area contributed by atoms with E-state index in [1.165, 1.54) is 67.4 Å². The van der Waals surface area contributed by atoms with Crippen molar-refractivity contribution in [3.05, 3.63) is 178 Å². The molecule has 1 aliphatic heterocycles. The van der Waals surface area contributed by atoms with Crippen LogP contribution in [0, 0.1) is 0 Å². The zero-order valence-corrected chi connectivity index (χ0v) is 31.5. The molecule has 4 aromatic carbocycles. The molecule has 1 heterocycles. The van der Waals surface area contributed by atoms with Crippen LogP contribution < -0.4 is 14.5 Å². The first-order valence-electron chi connectivity index (χ1n) is 18.4. The molecule has 2 nitrogen and oxygen atoms in total. The minimum Gasteiger partial charge on any atom is -1.00 e. The molecule has 53 heavy (non-hydrogen) atoms. The number of fused-ring (bicyclic) bond motifs is 2. The second-order valence-electron chi connectivity index (χ2n) is 14.5. The summed E-state index contributed by atoms with van der Waals surface area (Å²) >= 11 is 0. The Hall–Kier alpha value is -5.04. The zero-order chi connectivity index (χ0) is 37.0. The van der Waals surface area contributed by atoms with Gasteiger partial charge in [-0.1, -0.05) is 132 Å². The Kier molecular flexibility index (Phi) is 12.1. The summed E-state index contributed by atoms with van der Waals surface area (Å²) in [6, 6.07) is 39.6. The lowest BCUT2D eigenvalue weighted by Gasteiger charge is -2.29. The van der Waals surface area contributed by atoms with Crippen molar-refractivity contribution in [2.75, 3.05) is 16.3 Å². The number of anilines is 3. The highest BCUT2D eigenvalue weighted by Gasteiger charge is 2.39. The van der Waals surface area contributed by atoms with Crippen molar-refractivity contribution in [3.8, 4) is 0 Å². The third kappa shape index (κ3) is 7.57. The van der Waals surface area contributed by atoms with Crippen molar-refractivity contribution >= 4 is 30.2 Å². The molecule has 0 fully saturated rings. The van der Waals surface area contributed by atoms with Gasteiger partial charge in [0.05, 0.1) is 5.70 Å². The monoisotopic (exact) mass is 715 g/mol. The summed E-state index contributed by atoms with van der Waals surface area (Å²) in [5, 5.41) is 0. The molecule has 3 aliphatic rings. The molecule has 0 saturated carbocycles. The van der Waals surface area contributed by atoms with Crippen molar-refractivity contribution in [3.63, 3.8) is 0 Å². The molecular weight excluding hydrogens is 667 g/mol. The van der Waals surface area contributed by atoms with Gasteiger partial charge in [0.1, 0.15) is 0 Å². The molecule has 274 valence electrons. The Morgan fingerprint density at radius 1 is 0.679 bits per heavy atom. The molecular formula is C46H48BF4N2-. The third-order valence-electron chi connectivity index (χ3n) is 10.8. The topological polar surface area (TPSA) is 6.48 Å². The van der Waals surface area contributed by atoms with Gasteiger partial charge in [0.15, 0.2) is 0 Å². The third-order valence-corrected chi connectivity index (χ3v) is 10.8. The van der Waals surface area contributed by atoms with E-state index in [0.717, 1.165) is 25.8 Å². The fourth-order valence-electron chi connectivity index (χ4n) is 8.38. The van der Waals surface area contributed by atoms with E-state index in [-0.39, 0.29) is 15.5 Å². The molecule has 0 spiro atoms. The van der Waals surface area contributed by atoms with Crippen LogP contribution in [0.5, 0.6) is 0 Å². The number of rotatable bonds is 8. The van der Waals surface area contributed by atoms with Gasteiger partial charge in [-0.25, -0.2) is 0 Å². The number of hydrogen-bond acceptors (Lipinski definition) is 2. The maximum absolute atomic E-state index is 9.67. The predicted octanol–water partition coefficient (Wildman–Crippen LogP) is 10.1. The summed E-state index contributed by atoms with van der Waals surface area (Å²) in [4.78, 5) is 4.98. The van der Waals surface area contributed by atoms with Crippen LogP contribution in [0.25, 0.3) is 5.57 Å². The first-order chi connectivity index (χ1) is 25.0. The standard InChI is InChI=1S/C46H48N2.BF3.FH/c1-7-37-38-23-15-16-24-39(38)45(3,4)40(37)31-29-33-27-28-34(30-32-43-46(5,6)41-25-17-18-26-42(41)47(43)8-2)44(33)48(35-19-11-9-12-20-35)36-21-13-10-14-22-36;2-1(3)4;/h9-26,29-32H,7-8,27-28H2,1-6H3;;1H/p-1/b31-29+,34-30?,43-32+;;. The van der Waals surface area contributed by atoms with Crippen LogP contribution in [-0.4, -0.2) is 14.1 Å². The summed E-state index contributed by atoms with van der Waals surface area (Å²) in [5.41, 5.74) is 16.1. The fourth-order valence-corrected chi connectivity index (χ4v) is 8.38. The number of halogens is 4. The molecule has 2 aliphatic carbocycles. The molecule has 0 saturated heterocycles. The van der Waals surface area contributed by atoms with Gasteiger partial charge in [0.2, 0.25) is 0 Å². The highest BCUT2D eigenvalue weighted by molar-refractivity contribution is 6.33. The molecule has 0 bridgehead atoms. The minimum atomic E-state index is -3.67. The molecule has 0 aromatic heterocycles. The van der Waals surface area contributed by atoms with E-state index < -0.39 is 7.54 Å². The molecule has 0 unspecified atom stereocenters. The number of allylic oxidation sites excluding steroid dienone is 9. The van der Waals surface area contributed by atoms with E-state index in [9.17, 15) is 12.9 Å². The predicted molar refractivity (Wildman–Crippen MR) is 215 cm³/mol. The summed E-state index contributed by atoms with van der Waals surface area (Å²) in [7, 11) is -3.67. The van der Waals surface area contributed by atoms with Gasteiger partial charge in [0.25, 0.3) is 0 Å². The number of likely N-dealkylation sites (N-methyl/N-ethyl adjacent to an activating group) is 1. The maximum atomic E-state index is 9.67. The van der Waals surface area contributed by atoms with E-state index in [0.29, 0.717) is 0 Å². The normalized spacial score (nSPS) is 18.2. The Labute approximate surface area is 313 Å². The second kappa shape index (κ2) is 16.3. The first-order valence-corrected chi connectivity index (χ1v) is 18.4. The van der Waals surface area contributed by atoms with E-state index in [1.54, 1.807) is 0 Å². The van der Waals surface area contributed by atoms with Crippen LogP contribution in [0.3, 0.4) is 0 Å². The van der Waals surface area contributed by atoms with E-state index in [4.69, 9.17) is 0 Å². The van der Waals surface area contributed by atoms with Crippen molar-refractivity contribution in [1.82, 2.24) is 0 Å². The Bertz CT molecular complexity index is 2020. The largest absolute Gasteiger partial charge is 1.00 e. The van der Waals surface area contributed by atoms with E-state index >= 15 is 0 Å². The summed E-state index contributed by atoms with van der Waals surface area (Å²) in [5.74, 6) is 0. The van der Waals surface area contributed by atoms with E-state index in [2.05, 4.69) is 185 Å². The van der Waals surface area contributed by atoms with Gasteiger partial charge in [-0.05, 0) is 102 Å². The smallest absolute Gasteiger partial charge is 0.762 e. The van der Waals surface area contributed by atoms with Gasteiger partial charge < -0.3 is 14.5 Å². The SMILES string of the molecule is CCC1=C(/C=C/C2=C(N(c3ccccc3)c3ccccc3)C(=C/C=C3/N(CC)c4ccccc4C3(C)C)CC2)C(C)(C)c2ccccc21.FB(F)F.[F-]. The molecule has 0 N–H and O–H groups in total. The lowest BCUT2D eigenvalue weighted by Crippen LogP contribution is -3.00. The van der Waals surface area contributed by atoms with Crippen molar-refractivity contribution in [2.24, 2.45) is 0 Å². The highest BCUT2D eigenvalue weighted by atomic mass is 19.4. The van der Waals surface area contributed by atoms with Gasteiger partial charge in [0, 0.05) is 40.1 Å². The maximum Gasteiger partial charge on any atom is 0.762 e. The summed E-state index contributed by atoms with van der Waals surface area (Å²) in [6.07, 6.45) is 12.7. The number of nitrogens with zero attached hydrogens (tertiary/aromatic N) is 2. The van der Waals surface area contributed by atoms with Crippen molar-refractivity contribution in [1.29, 1.82) is 0 Å². The lowest BCUT2D eigenvalue weighted by atomic mass is 9.81. The van der Waals surface area contributed by atoms with Crippen LogP contribution in [0.15, 0.2) is 162 Å². The Balaban J connectivity index is 0.00000103. The molecule has 0 atom stereocenters. The average Bonchev–Trinajstić information content (AvgIpc) is 3.71. The van der Waals surface area contributed by atoms with Crippen LogP contribution in [0.2, 0.25) is 0 Å². The minimum absolute atomic E-state index is 0. The van der Waals surface area contributed by atoms with Crippen LogP contribution >= 0.6 is 0 Å². The highest BCUT2D eigenvalue weighted by Crippen LogP contribution is 2.50. The van der Waals surface area contributed by atoms with Crippen molar-refractivity contribution in [2.45, 2.75) is 71.6 Å². The average molecular weight is 716 g/mol. The van der Waals surface area contributed by atoms with Crippen LogP contribution in [0.1, 0.15) is 77.5 Å². The number of hydrogen-bond donors (Lipinski definition) is 0. The van der Waals surface area contributed by atoms with Gasteiger partial charge >= 0.3 is 7.54 Å². The molecule has 0 radical (unpaired) electrons. The molecule has 7 rings (SSSR count). The van der Waals surface area contributed by atoms with Crippen LogP contribution in [-0.2, 0) is 10.8 Å². The fraction of sp³-hybridized carbons (Fsp3) is 0.261. The van der Waals surface area contributed by atoms with Crippen molar-refractivity contribution < 1.29 is 17.7 Å². The Morgan fingerprint density at radius 2 is 1.23 bits per heavy atom.